The summed E-state index contributed by atoms with van der Waals surface area (Å²) in [4.78, 5) is 0. The van der Waals surface area contributed by atoms with Gasteiger partial charge in [-0.25, -0.2) is 8.78 Å². The van der Waals surface area contributed by atoms with Gasteiger partial charge in [0.2, 0.25) is 0 Å². The minimum Gasteiger partial charge on any atom is -0.392 e. The molecule has 1 aromatic carbocycles. The Bertz CT molecular complexity index is 340. The third kappa shape index (κ3) is 1.93. The van der Waals surface area contributed by atoms with Gasteiger partial charge >= 0.3 is 0 Å². The molecule has 14 heavy (non-hydrogen) atoms. The van der Waals surface area contributed by atoms with Crippen LogP contribution in [0.15, 0.2) is 12.1 Å². The molecule has 1 N–H and O–H groups in total. The van der Waals surface area contributed by atoms with Crippen LogP contribution in [0.1, 0.15) is 31.9 Å². The molecular formula is C11H14F2O. The molecule has 0 aliphatic carbocycles. The van der Waals surface area contributed by atoms with Gasteiger partial charge in [-0.05, 0) is 17.5 Å². The maximum atomic E-state index is 13.4. The molecule has 0 saturated carbocycles. The number of halogens is 2. The molecule has 0 saturated heterocycles. The van der Waals surface area contributed by atoms with Crippen molar-refractivity contribution in [1.29, 1.82) is 0 Å². The highest BCUT2D eigenvalue weighted by atomic mass is 19.1. The van der Waals surface area contributed by atoms with Crippen LogP contribution in [0.3, 0.4) is 0 Å². The van der Waals surface area contributed by atoms with Gasteiger partial charge in [0.15, 0.2) is 0 Å². The molecule has 0 unspecified atom stereocenters. The largest absolute Gasteiger partial charge is 0.392 e. The van der Waals surface area contributed by atoms with Crippen molar-refractivity contribution in [1.82, 2.24) is 0 Å². The first kappa shape index (κ1) is 11.1. The molecule has 0 aromatic heterocycles. The summed E-state index contributed by atoms with van der Waals surface area (Å²) in [6.45, 7) is 4.87. The second-order valence-electron chi connectivity index (χ2n) is 4.29. The molecule has 0 aliphatic rings. The molecule has 0 radical (unpaired) electrons. The van der Waals surface area contributed by atoms with E-state index in [1.807, 2.05) is 0 Å². The number of hydrogen-bond donors (Lipinski definition) is 1. The van der Waals surface area contributed by atoms with Crippen LogP contribution in [0.4, 0.5) is 8.78 Å². The molecule has 0 heterocycles. The summed E-state index contributed by atoms with van der Waals surface area (Å²) in [6, 6.07) is 2.13. The Labute approximate surface area is 82.4 Å². The Morgan fingerprint density at radius 2 is 1.64 bits per heavy atom. The first-order valence-electron chi connectivity index (χ1n) is 4.46. The Morgan fingerprint density at radius 1 is 1.14 bits per heavy atom. The summed E-state index contributed by atoms with van der Waals surface area (Å²) in [5.74, 6) is -1.03. The maximum Gasteiger partial charge on any atom is 0.129 e. The highest BCUT2D eigenvalue weighted by molar-refractivity contribution is 5.34. The molecule has 0 aliphatic heterocycles. The maximum absolute atomic E-state index is 13.4. The minimum atomic E-state index is -0.557. The fourth-order valence-electron chi connectivity index (χ4n) is 1.56. The van der Waals surface area contributed by atoms with Crippen molar-refractivity contribution in [3.8, 4) is 0 Å². The second-order valence-corrected chi connectivity index (χ2v) is 4.29. The molecule has 0 bridgehead atoms. The van der Waals surface area contributed by atoms with Gasteiger partial charge in [0.25, 0.3) is 0 Å². The lowest BCUT2D eigenvalue weighted by atomic mass is 9.83. The molecule has 78 valence electrons. The van der Waals surface area contributed by atoms with Crippen molar-refractivity contribution in [3.05, 3.63) is 34.9 Å². The highest BCUT2D eigenvalue weighted by Gasteiger charge is 2.24. The van der Waals surface area contributed by atoms with Crippen molar-refractivity contribution in [2.24, 2.45) is 0 Å². The summed E-state index contributed by atoms with van der Waals surface area (Å²) in [5, 5.41) is 8.98. The summed E-state index contributed by atoms with van der Waals surface area (Å²) in [5.41, 5.74) is -0.206. The van der Waals surface area contributed by atoms with Crippen molar-refractivity contribution < 1.29 is 13.9 Å². The predicted octanol–water partition coefficient (Wildman–Crippen LogP) is 2.75. The first-order valence-corrected chi connectivity index (χ1v) is 4.46. The number of aliphatic hydroxyl groups is 1. The van der Waals surface area contributed by atoms with Crippen molar-refractivity contribution in [3.63, 3.8) is 0 Å². The molecule has 0 amide bonds. The van der Waals surface area contributed by atoms with Crippen LogP contribution in [0, 0.1) is 11.6 Å². The first-order chi connectivity index (χ1) is 6.38. The van der Waals surface area contributed by atoms with Crippen LogP contribution in [0.25, 0.3) is 0 Å². The van der Waals surface area contributed by atoms with E-state index in [-0.39, 0.29) is 11.1 Å². The predicted molar refractivity (Wildman–Crippen MR) is 51.0 cm³/mol. The van der Waals surface area contributed by atoms with Gasteiger partial charge in [0, 0.05) is 11.1 Å². The second kappa shape index (κ2) is 3.65. The van der Waals surface area contributed by atoms with E-state index >= 15 is 0 Å². The third-order valence-electron chi connectivity index (χ3n) is 2.11. The van der Waals surface area contributed by atoms with E-state index in [9.17, 15) is 8.78 Å². The Balaban J connectivity index is 3.46. The molecule has 1 nitrogen and oxygen atoms in total. The zero-order valence-corrected chi connectivity index (χ0v) is 8.56. The van der Waals surface area contributed by atoms with Crippen LogP contribution >= 0.6 is 0 Å². The monoisotopic (exact) mass is 200 g/mol. The van der Waals surface area contributed by atoms with Gasteiger partial charge in [-0.3, -0.25) is 0 Å². The SMILES string of the molecule is CC(C)(C)c1c(F)ccc(F)c1CO. The van der Waals surface area contributed by atoms with Crippen LogP contribution < -0.4 is 0 Å². The van der Waals surface area contributed by atoms with E-state index in [1.165, 1.54) is 0 Å². The van der Waals surface area contributed by atoms with Crippen molar-refractivity contribution >= 4 is 0 Å². The van der Waals surface area contributed by atoms with E-state index in [0.29, 0.717) is 0 Å². The summed E-state index contributed by atoms with van der Waals surface area (Å²) < 4.78 is 26.7. The number of hydrogen-bond acceptors (Lipinski definition) is 1. The quantitative estimate of drug-likeness (QED) is 0.739. The summed E-state index contributed by atoms with van der Waals surface area (Å²) in [7, 11) is 0. The number of aliphatic hydroxyl groups excluding tert-OH is 1. The molecule has 0 fully saturated rings. The topological polar surface area (TPSA) is 20.2 Å². The molecule has 1 aromatic rings. The zero-order valence-electron chi connectivity index (χ0n) is 8.56. The van der Waals surface area contributed by atoms with Gasteiger partial charge < -0.3 is 5.11 Å². The molecule has 0 atom stereocenters. The number of benzene rings is 1. The number of rotatable bonds is 1. The van der Waals surface area contributed by atoms with E-state index < -0.39 is 23.7 Å². The van der Waals surface area contributed by atoms with Crippen molar-refractivity contribution in [2.75, 3.05) is 0 Å². The van der Waals surface area contributed by atoms with Crippen molar-refractivity contribution in [2.45, 2.75) is 32.8 Å². The summed E-state index contributed by atoms with van der Waals surface area (Å²) in [6.07, 6.45) is 0. The Morgan fingerprint density at radius 3 is 2.00 bits per heavy atom. The van der Waals surface area contributed by atoms with Crippen LogP contribution in [-0.4, -0.2) is 5.11 Å². The van der Waals surface area contributed by atoms with Gasteiger partial charge in [0.1, 0.15) is 11.6 Å². The van der Waals surface area contributed by atoms with Crippen LogP contribution in [0.5, 0.6) is 0 Å². The normalized spacial score (nSPS) is 11.9. The smallest absolute Gasteiger partial charge is 0.129 e. The molecular weight excluding hydrogens is 186 g/mol. The Kier molecular flexibility index (Phi) is 2.90. The van der Waals surface area contributed by atoms with Gasteiger partial charge in [-0.15, -0.1) is 0 Å². The standard InChI is InChI=1S/C11H14F2O/c1-11(2,3)10-7(6-14)8(12)4-5-9(10)13/h4-5,14H,6H2,1-3H3. The van der Waals surface area contributed by atoms with E-state index in [1.54, 1.807) is 20.8 Å². The van der Waals surface area contributed by atoms with E-state index in [4.69, 9.17) is 5.11 Å². The van der Waals surface area contributed by atoms with Gasteiger partial charge in [-0.2, -0.15) is 0 Å². The average molecular weight is 200 g/mol. The van der Waals surface area contributed by atoms with Crippen LogP contribution in [0.2, 0.25) is 0 Å². The zero-order chi connectivity index (χ0) is 10.9. The lowest BCUT2D eigenvalue weighted by Crippen LogP contribution is -2.18. The molecule has 1 rings (SSSR count). The van der Waals surface area contributed by atoms with Gasteiger partial charge in [0.05, 0.1) is 6.61 Å². The lowest BCUT2D eigenvalue weighted by molar-refractivity contribution is 0.270. The average Bonchev–Trinajstić information content (AvgIpc) is 2.06. The molecule has 3 heteroatoms. The molecule has 0 spiro atoms. The van der Waals surface area contributed by atoms with Crippen LogP contribution in [-0.2, 0) is 12.0 Å². The fourth-order valence-corrected chi connectivity index (χ4v) is 1.56. The lowest BCUT2D eigenvalue weighted by Gasteiger charge is -2.23. The Hall–Kier alpha value is -0.960. The minimum absolute atomic E-state index is 0.0532. The fraction of sp³-hybridized carbons (Fsp3) is 0.455. The summed E-state index contributed by atoms with van der Waals surface area (Å²) >= 11 is 0. The highest BCUT2D eigenvalue weighted by Crippen LogP contribution is 2.30. The van der Waals surface area contributed by atoms with E-state index in [2.05, 4.69) is 0 Å². The van der Waals surface area contributed by atoms with Gasteiger partial charge in [-0.1, -0.05) is 20.8 Å². The third-order valence-corrected chi connectivity index (χ3v) is 2.11. The van der Waals surface area contributed by atoms with E-state index in [0.717, 1.165) is 12.1 Å².